The van der Waals surface area contributed by atoms with E-state index in [0.717, 1.165) is 135 Å². The summed E-state index contributed by atoms with van der Waals surface area (Å²) in [4.78, 5) is 28.8. The molecule has 0 fully saturated rings. The Labute approximate surface area is 606 Å². The number of hydrogen-bond donors (Lipinski definition) is 0. The second kappa shape index (κ2) is 28.3. The van der Waals surface area contributed by atoms with Crippen molar-refractivity contribution >= 4 is 54.1 Å². The van der Waals surface area contributed by atoms with E-state index in [2.05, 4.69) is 281 Å². The van der Waals surface area contributed by atoms with Crippen molar-refractivity contribution < 1.29 is 0 Å². The van der Waals surface area contributed by atoms with Crippen LogP contribution in [0.4, 0.5) is 0 Å². The van der Waals surface area contributed by atoms with Crippen molar-refractivity contribution in [2.45, 2.75) is 51.4 Å². The van der Waals surface area contributed by atoms with E-state index >= 15 is 0 Å². The van der Waals surface area contributed by atoms with E-state index in [1.54, 1.807) is 6.33 Å². The quantitative estimate of drug-likeness (QED) is 0.0559. The summed E-state index contributed by atoms with van der Waals surface area (Å²) in [5.41, 5.74) is 30.5. The molecule has 6 heteroatoms. The van der Waals surface area contributed by atoms with E-state index in [4.69, 9.17) is 9.97 Å². The zero-order valence-electron chi connectivity index (χ0n) is 57.7. The van der Waals surface area contributed by atoms with Gasteiger partial charge in [-0.25, -0.2) is 9.97 Å². The van der Waals surface area contributed by atoms with Crippen LogP contribution in [0.5, 0.6) is 0 Å². The lowest BCUT2D eigenvalue weighted by molar-refractivity contribution is 0.931. The lowest BCUT2D eigenvalue weighted by atomic mass is 9.86. The molecule has 494 valence electrons. The summed E-state index contributed by atoms with van der Waals surface area (Å²) < 4.78 is 0. The normalized spacial score (nSPS) is 11.6. The number of aryl methyl sites for hydroxylation is 8. The Morgan fingerprint density at radius 3 is 0.769 bits per heavy atom. The fourth-order valence-corrected chi connectivity index (χ4v) is 15.6. The van der Waals surface area contributed by atoms with Gasteiger partial charge in [0, 0.05) is 68.6 Å². The summed E-state index contributed by atoms with van der Waals surface area (Å²) in [6.07, 6.45) is 16.5. The Balaban J connectivity index is 0.692. The number of aromatic nitrogens is 6. The molecule has 0 amide bonds. The summed E-state index contributed by atoms with van der Waals surface area (Å²) in [5.74, 6) is 0. The maximum absolute atomic E-state index is 5.16. The third-order valence-corrected chi connectivity index (χ3v) is 21.0. The van der Waals surface area contributed by atoms with Gasteiger partial charge in [0.25, 0.3) is 0 Å². The highest BCUT2D eigenvalue weighted by atomic mass is 14.8. The van der Waals surface area contributed by atoms with Gasteiger partial charge in [-0.2, -0.15) is 0 Å². The highest BCUT2D eigenvalue weighted by Crippen LogP contribution is 2.47. The molecule has 0 aliphatic rings. The minimum absolute atomic E-state index is 0.911. The standard InChI is InChI=1S/C98H72N6/c1-3-16-83(79-58-69(28-24-65-32-40-73(41-33-65)91-20-5-9-52-99-91)56-70(59-79)29-25-66-34-42-74(43-35-66)92-21-6-10-53-100-92)81(14-1)77-48-50-87-89(62-77)85-18-13-19-86-90-63-78(49-51-88(90)98-96(95(85)86)97(87)103-64-104-98)82-15-2-4-17-84(82)80-60-71(30-26-67-36-44-75(45-37-67)93-22-7-11-54-101-93)57-72(61-80)31-27-68-38-46-76(47-39-68)94-23-8-12-55-102-94/h1-23,32-64H,24-31H2. The van der Waals surface area contributed by atoms with Gasteiger partial charge in [0.2, 0.25) is 0 Å². The number of benzene rings is 13. The molecule has 5 aromatic heterocycles. The number of nitrogens with zero attached hydrogens (tertiary/aromatic N) is 6. The number of fused-ring (bicyclic) bond motifs is 6. The van der Waals surface area contributed by atoms with Crippen LogP contribution in [0, 0.1) is 0 Å². The molecular weight excluding hydrogens is 1260 g/mol. The van der Waals surface area contributed by atoms with Crippen LogP contribution in [0.2, 0.25) is 0 Å². The van der Waals surface area contributed by atoms with E-state index in [1.807, 2.05) is 73.3 Å². The molecule has 0 bridgehead atoms. The average molecular weight is 1330 g/mol. The monoisotopic (exact) mass is 1330 g/mol. The molecule has 0 atom stereocenters. The summed E-state index contributed by atoms with van der Waals surface area (Å²) in [5, 5.41) is 9.27. The Kier molecular flexibility index (Phi) is 17.2. The molecule has 0 saturated heterocycles. The summed E-state index contributed by atoms with van der Waals surface area (Å²) in [7, 11) is 0. The average Bonchev–Trinajstić information content (AvgIpc) is 0.701. The molecule has 18 rings (SSSR count). The zero-order valence-corrected chi connectivity index (χ0v) is 57.7. The van der Waals surface area contributed by atoms with E-state index < -0.39 is 0 Å². The highest BCUT2D eigenvalue weighted by molar-refractivity contribution is 6.39. The first-order valence-electron chi connectivity index (χ1n) is 36.2. The van der Waals surface area contributed by atoms with Crippen LogP contribution in [-0.4, -0.2) is 29.9 Å². The first-order valence-corrected chi connectivity index (χ1v) is 36.2. The molecular formula is C98H72N6. The van der Waals surface area contributed by atoms with Crippen molar-refractivity contribution in [2.24, 2.45) is 0 Å². The van der Waals surface area contributed by atoms with Gasteiger partial charge in [0.05, 0.1) is 33.8 Å². The predicted molar refractivity (Wildman–Crippen MR) is 431 cm³/mol. The van der Waals surface area contributed by atoms with E-state index in [1.165, 1.54) is 105 Å². The third kappa shape index (κ3) is 12.9. The Hall–Kier alpha value is -12.9. The summed E-state index contributed by atoms with van der Waals surface area (Å²) in [6.45, 7) is 0. The van der Waals surface area contributed by atoms with Gasteiger partial charge in [0.1, 0.15) is 6.33 Å². The Bertz CT molecular complexity index is 5520. The van der Waals surface area contributed by atoms with E-state index in [9.17, 15) is 0 Å². The van der Waals surface area contributed by atoms with Gasteiger partial charge in [-0.3, -0.25) is 19.9 Å². The first-order chi connectivity index (χ1) is 51.5. The van der Waals surface area contributed by atoms with E-state index in [0.29, 0.717) is 0 Å². The molecule has 0 aliphatic carbocycles. The van der Waals surface area contributed by atoms with Crippen molar-refractivity contribution in [1.82, 2.24) is 29.9 Å². The van der Waals surface area contributed by atoms with Crippen molar-refractivity contribution in [3.05, 3.63) is 385 Å². The van der Waals surface area contributed by atoms with Crippen molar-refractivity contribution in [2.75, 3.05) is 0 Å². The van der Waals surface area contributed by atoms with Crippen LogP contribution in [0.1, 0.15) is 44.5 Å². The fraction of sp³-hybridized carbons (Fsp3) is 0.0816. The van der Waals surface area contributed by atoms with Crippen LogP contribution in [-0.2, 0) is 51.4 Å². The van der Waals surface area contributed by atoms with Gasteiger partial charge in [0.15, 0.2) is 0 Å². The molecule has 13 aromatic carbocycles. The largest absolute Gasteiger partial charge is 0.256 e. The Morgan fingerprint density at radius 2 is 0.462 bits per heavy atom. The van der Waals surface area contributed by atoms with Crippen LogP contribution in [0.3, 0.4) is 0 Å². The maximum atomic E-state index is 5.16. The Morgan fingerprint density at radius 1 is 0.173 bits per heavy atom. The van der Waals surface area contributed by atoms with Crippen LogP contribution >= 0.6 is 0 Å². The van der Waals surface area contributed by atoms with Crippen LogP contribution in [0.15, 0.2) is 340 Å². The van der Waals surface area contributed by atoms with Gasteiger partial charge < -0.3 is 0 Å². The molecule has 104 heavy (non-hydrogen) atoms. The van der Waals surface area contributed by atoms with Gasteiger partial charge in [-0.1, -0.05) is 249 Å². The second-order valence-electron chi connectivity index (χ2n) is 27.5. The van der Waals surface area contributed by atoms with Crippen molar-refractivity contribution in [1.29, 1.82) is 0 Å². The molecule has 0 spiro atoms. The fourth-order valence-electron chi connectivity index (χ4n) is 15.6. The molecule has 0 aliphatic heterocycles. The number of pyridine rings is 4. The highest BCUT2D eigenvalue weighted by Gasteiger charge is 2.22. The molecule has 6 nitrogen and oxygen atoms in total. The second-order valence-corrected chi connectivity index (χ2v) is 27.5. The van der Waals surface area contributed by atoms with E-state index in [-0.39, 0.29) is 0 Å². The SMILES string of the molecule is c1ccc(-c2ccc(CCc3cc(CCc4ccc(-c5ccccn5)cc4)cc(-c4ccccc4-c4ccc5c(c4)c4cccc6c7cc(-c8ccccc8-c8cc(CCc9ccc(-c%10ccccn%10)cc9)cc(CCc9ccc(-c%10ccccn%10)cc9)c8)ccc7c7ncnc5c7c46)c3)cc2)nc1. The molecule has 0 radical (unpaired) electrons. The van der Waals surface area contributed by atoms with Crippen molar-refractivity contribution in [3.8, 4) is 89.5 Å². The lowest BCUT2D eigenvalue weighted by Crippen LogP contribution is -1.98. The molecule has 0 N–H and O–H groups in total. The minimum atomic E-state index is 0.911. The maximum Gasteiger partial charge on any atom is 0.116 e. The lowest BCUT2D eigenvalue weighted by Gasteiger charge is -2.19. The molecule has 0 unspecified atom stereocenters. The van der Waals surface area contributed by atoms with Gasteiger partial charge in [-0.05, 0) is 223 Å². The topological polar surface area (TPSA) is 77.3 Å². The summed E-state index contributed by atoms with van der Waals surface area (Å²) >= 11 is 0. The minimum Gasteiger partial charge on any atom is -0.256 e. The molecule has 18 aromatic rings. The number of rotatable bonds is 20. The van der Waals surface area contributed by atoms with Gasteiger partial charge in [-0.15, -0.1) is 0 Å². The summed E-state index contributed by atoms with van der Waals surface area (Å²) in [6, 6.07) is 114. The number of hydrogen-bond acceptors (Lipinski definition) is 6. The zero-order chi connectivity index (χ0) is 69.1. The van der Waals surface area contributed by atoms with Gasteiger partial charge >= 0.3 is 0 Å². The van der Waals surface area contributed by atoms with Crippen molar-refractivity contribution in [3.63, 3.8) is 0 Å². The first kappa shape index (κ1) is 63.3. The van der Waals surface area contributed by atoms with Crippen LogP contribution < -0.4 is 0 Å². The smallest absolute Gasteiger partial charge is 0.116 e. The molecule has 0 saturated carbocycles. The predicted octanol–water partition coefficient (Wildman–Crippen LogP) is 23.7. The third-order valence-electron chi connectivity index (χ3n) is 21.0. The molecule has 5 heterocycles. The van der Waals surface area contributed by atoms with Crippen LogP contribution in [0.25, 0.3) is 144 Å².